The molecule has 3 rings (SSSR count). The predicted octanol–water partition coefficient (Wildman–Crippen LogP) is 5.26. The maximum atomic E-state index is 12.7. The average Bonchev–Trinajstić information content (AvgIpc) is 2.78. The Morgan fingerprint density at radius 2 is 1.43 bits per heavy atom. The molecule has 154 valence electrons. The van der Waals surface area contributed by atoms with Gasteiger partial charge >= 0.3 is 0 Å². The van der Waals surface area contributed by atoms with Crippen LogP contribution in [0.15, 0.2) is 77.7 Å². The van der Waals surface area contributed by atoms with Crippen LogP contribution in [-0.4, -0.2) is 30.8 Å². The van der Waals surface area contributed by atoms with Crippen LogP contribution in [0.5, 0.6) is 0 Å². The van der Waals surface area contributed by atoms with Crippen LogP contribution in [0.1, 0.15) is 31.8 Å². The summed E-state index contributed by atoms with van der Waals surface area (Å²) in [7, 11) is 3.38. The van der Waals surface area contributed by atoms with Gasteiger partial charge in [-0.25, -0.2) is 0 Å². The molecule has 0 saturated carbocycles. The van der Waals surface area contributed by atoms with Crippen molar-refractivity contribution in [2.24, 2.45) is 0 Å². The summed E-state index contributed by atoms with van der Waals surface area (Å²) in [6, 6.07) is 22.7. The minimum absolute atomic E-state index is 0.0396. The fourth-order valence-corrected chi connectivity index (χ4v) is 3.89. The molecule has 0 unspecified atom stereocenters. The molecular weight excluding hydrogens is 416 g/mol. The first-order valence-electron chi connectivity index (χ1n) is 9.50. The first kappa shape index (κ1) is 21.9. The molecule has 0 saturated heterocycles. The summed E-state index contributed by atoms with van der Waals surface area (Å²) in [6.45, 7) is 0.473. The Labute approximate surface area is 186 Å². The van der Waals surface area contributed by atoms with Gasteiger partial charge in [0.15, 0.2) is 0 Å². The van der Waals surface area contributed by atoms with Crippen LogP contribution >= 0.6 is 23.4 Å². The molecule has 6 heteroatoms. The lowest BCUT2D eigenvalue weighted by atomic mass is 10.1. The van der Waals surface area contributed by atoms with Crippen LogP contribution in [0.2, 0.25) is 5.02 Å². The molecule has 0 fully saturated rings. The maximum absolute atomic E-state index is 12.7. The Hall–Kier alpha value is -2.76. The number of nitrogens with one attached hydrogen (secondary N) is 1. The van der Waals surface area contributed by atoms with Crippen molar-refractivity contribution in [1.82, 2.24) is 10.2 Å². The lowest BCUT2D eigenvalue weighted by Crippen LogP contribution is -2.26. The van der Waals surface area contributed by atoms with E-state index in [-0.39, 0.29) is 11.8 Å². The molecule has 4 nitrogen and oxygen atoms in total. The van der Waals surface area contributed by atoms with Crippen molar-refractivity contribution in [3.8, 4) is 0 Å². The number of amides is 2. The van der Waals surface area contributed by atoms with Crippen LogP contribution in [0.3, 0.4) is 0 Å². The molecule has 3 aromatic carbocycles. The van der Waals surface area contributed by atoms with E-state index in [1.54, 1.807) is 42.9 Å². The van der Waals surface area contributed by atoms with Crippen molar-refractivity contribution >= 4 is 35.2 Å². The number of hydrogen-bond acceptors (Lipinski definition) is 3. The Morgan fingerprint density at radius 1 is 0.867 bits per heavy atom. The van der Waals surface area contributed by atoms with E-state index in [1.807, 2.05) is 60.7 Å². The highest BCUT2D eigenvalue weighted by molar-refractivity contribution is 7.98. The molecule has 2 amide bonds. The zero-order chi connectivity index (χ0) is 21.5. The molecule has 0 bridgehead atoms. The van der Waals surface area contributed by atoms with Crippen LogP contribution in [0.25, 0.3) is 0 Å². The third kappa shape index (κ3) is 5.88. The van der Waals surface area contributed by atoms with E-state index in [1.165, 1.54) is 0 Å². The monoisotopic (exact) mass is 438 g/mol. The molecule has 0 aliphatic heterocycles. The fraction of sp³-hybridized carbons (Fsp3) is 0.167. The summed E-state index contributed by atoms with van der Waals surface area (Å²) in [5.41, 5.74) is 3.37. The van der Waals surface area contributed by atoms with Crippen LogP contribution in [0.4, 0.5) is 0 Å². The Bertz CT molecular complexity index is 1000. The lowest BCUT2D eigenvalue weighted by molar-refractivity contribution is 0.0784. The second-order valence-electron chi connectivity index (χ2n) is 6.88. The summed E-state index contributed by atoms with van der Waals surface area (Å²) in [5.74, 6) is 0.659. The van der Waals surface area contributed by atoms with Crippen molar-refractivity contribution in [3.63, 3.8) is 0 Å². The van der Waals surface area contributed by atoms with Gasteiger partial charge in [0.25, 0.3) is 11.8 Å². The third-order valence-electron chi connectivity index (χ3n) is 4.63. The number of nitrogens with zero attached hydrogens (tertiary/aromatic N) is 1. The molecule has 1 N–H and O–H groups in total. The molecular formula is C24H23ClN2O2S. The highest BCUT2D eigenvalue weighted by Gasteiger charge is 2.12. The maximum Gasteiger partial charge on any atom is 0.253 e. The van der Waals surface area contributed by atoms with Crippen molar-refractivity contribution in [2.45, 2.75) is 17.2 Å². The number of carbonyl (C=O) groups is 2. The molecule has 0 spiro atoms. The van der Waals surface area contributed by atoms with E-state index in [2.05, 4.69) is 5.32 Å². The number of benzene rings is 3. The molecule has 0 aliphatic rings. The highest BCUT2D eigenvalue weighted by atomic mass is 35.5. The van der Waals surface area contributed by atoms with E-state index >= 15 is 0 Å². The molecule has 0 heterocycles. The fourth-order valence-electron chi connectivity index (χ4n) is 2.91. The van der Waals surface area contributed by atoms with Gasteiger partial charge in [0.05, 0.1) is 0 Å². The van der Waals surface area contributed by atoms with Crippen LogP contribution in [-0.2, 0) is 12.3 Å². The van der Waals surface area contributed by atoms with Gasteiger partial charge in [-0.3, -0.25) is 9.59 Å². The van der Waals surface area contributed by atoms with E-state index in [0.717, 1.165) is 26.8 Å². The summed E-state index contributed by atoms with van der Waals surface area (Å²) in [4.78, 5) is 27.2. The van der Waals surface area contributed by atoms with Gasteiger partial charge in [0, 0.05) is 47.4 Å². The largest absolute Gasteiger partial charge is 0.355 e. The number of halogens is 1. The number of carbonyl (C=O) groups excluding carboxylic acids is 2. The molecule has 0 atom stereocenters. The number of thioether (sulfide) groups is 1. The average molecular weight is 439 g/mol. The first-order valence-corrected chi connectivity index (χ1v) is 10.9. The van der Waals surface area contributed by atoms with Gasteiger partial charge < -0.3 is 10.2 Å². The predicted molar refractivity (Wildman–Crippen MR) is 123 cm³/mol. The topological polar surface area (TPSA) is 49.4 Å². The number of rotatable bonds is 7. The van der Waals surface area contributed by atoms with E-state index < -0.39 is 0 Å². The Balaban J connectivity index is 1.56. The third-order valence-corrected chi connectivity index (χ3v) is 5.96. The van der Waals surface area contributed by atoms with Gasteiger partial charge in [-0.05, 0) is 59.7 Å². The van der Waals surface area contributed by atoms with Crippen molar-refractivity contribution < 1.29 is 9.59 Å². The normalized spacial score (nSPS) is 10.5. The molecule has 0 radical (unpaired) electrons. The minimum Gasteiger partial charge on any atom is -0.355 e. The van der Waals surface area contributed by atoms with Gasteiger partial charge in [-0.15, -0.1) is 11.8 Å². The molecule has 3 aromatic rings. The smallest absolute Gasteiger partial charge is 0.253 e. The van der Waals surface area contributed by atoms with Crippen molar-refractivity contribution in [1.29, 1.82) is 0 Å². The second kappa shape index (κ2) is 10.3. The first-order chi connectivity index (χ1) is 14.5. The zero-order valence-corrected chi connectivity index (χ0v) is 18.5. The van der Waals surface area contributed by atoms with Crippen molar-refractivity contribution in [2.75, 3.05) is 14.1 Å². The summed E-state index contributed by atoms with van der Waals surface area (Å²) in [5, 5.41) is 3.33. The standard InChI is InChI=1S/C24H23ClN2O2S/c1-26-23(28)19-7-3-17(4-8-19)15-27(2)24(29)20-9-5-18(6-10-20)16-30-22-13-11-21(25)12-14-22/h3-14H,15-16H2,1-2H3,(H,26,28). The van der Waals surface area contributed by atoms with Gasteiger partial charge in [-0.2, -0.15) is 0 Å². The summed E-state index contributed by atoms with van der Waals surface area (Å²) < 4.78 is 0. The summed E-state index contributed by atoms with van der Waals surface area (Å²) in [6.07, 6.45) is 0. The van der Waals surface area contributed by atoms with Gasteiger partial charge in [-0.1, -0.05) is 35.9 Å². The van der Waals surface area contributed by atoms with Crippen LogP contribution < -0.4 is 5.32 Å². The number of hydrogen-bond donors (Lipinski definition) is 1. The summed E-state index contributed by atoms with van der Waals surface area (Å²) >= 11 is 7.64. The molecule has 30 heavy (non-hydrogen) atoms. The molecule has 0 aromatic heterocycles. The SMILES string of the molecule is CNC(=O)c1ccc(CN(C)C(=O)c2ccc(CSc3ccc(Cl)cc3)cc2)cc1. The van der Waals surface area contributed by atoms with Gasteiger partial charge in [0.2, 0.25) is 0 Å². The highest BCUT2D eigenvalue weighted by Crippen LogP contribution is 2.24. The zero-order valence-electron chi connectivity index (χ0n) is 16.9. The second-order valence-corrected chi connectivity index (χ2v) is 8.36. The Morgan fingerprint density at radius 3 is 2.03 bits per heavy atom. The van der Waals surface area contributed by atoms with E-state index in [4.69, 9.17) is 11.6 Å². The lowest BCUT2D eigenvalue weighted by Gasteiger charge is -2.18. The quantitative estimate of drug-likeness (QED) is 0.511. The molecule has 0 aliphatic carbocycles. The van der Waals surface area contributed by atoms with E-state index in [9.17, 15) is 9.59 Å². The Kier molecular flexibility index (Phi) is 7.55. The minimum atomic E-state index is -0.125. The van der Waals surface area contributed by atoms with E-state index in [0.29, 0.717) is 17.7 Å². The van der Waals surface area contributed by atoms with Gasteiger partial charge in [0.1, 0.15) is 0 Å². The van der Waals surface area contributed by atoms with Crippen molar-refractivity contribution in [3.05, 3.63) is 100 Å². The van der Waals surface area contributed by atoms with Crippen LogP contribution in [0, 0.1) is 0 Å².